The summed E-state index contributed by atoms with van der Waals surface area (Å²) >= 11 is 8.44. The minimum Gasteiger partial charge on any atom is -0.491 e. The number of carbonyl (C=O) groups excluding carboxylic acids is 1. The third-order valence-corrected chi connectivity index (χ3v) is 6.91. The first-order valence-electron chi connectivity index (χ1n) is 10.9. The van der Waals surface area contributed by atoms with Crippen LogP contribution in [0.3, 0.4) is 0 Å². The van der Waals surface area contributed by atoms with Crippen LogP contribution in [-0.2, 0) is 9.53 Å². The SMILES string of the molecule is C=CC(=O)Nc1cc2c(Nc3ccc(I)c(Cl)c3)ncnc2cc1OCCCN1CCOCC1. The fraction of sp³-hybridized carbons (Fsp3) is 0.292. The molecule has 0 radical (unpaired) electrons. The number of nitrogens with zero attached hydrogens (tertiary/aromatic N) is 3. The van der Waals surface area contributed by atoms with Gasteiger partial charge in [-0.3, -0.25) is 9.69 Å². The van der Waals surface area contributed by atoms with E-state index in [4.69, 9.17) is 21.1 Å². The van der Waals surface area contributed by atoms with E-state index in [9.17, 15) is 4.79 Å². The number of aromatic nitrogens is 2. The largest absolute Gasteiger partial charge is 0.491 e. The molecule has 2 aromatic carbocycles. The van der Waals surface area contributed by atoms with Crippen LogP contribution in [0.25, 0.3) is 10.9 Å². The Kier molecular flexibility index (Phi) is 8.54. The minimum absolute atomic E-state index is 0.326. The van der Waals surface area contributed by atoms with Crippen LogP contribution < -0.4 is 15.4 Å². The zero-order valence-electron chi connectivity index (χ0n) is 18.5. The molecule has 0 aliphatic carbocycles. The summed E-state index contributed by atoms with van der Waals surface area (Å²) in [6.07, 6.45) is 3.57. The zero-order valence-corrected chi connectivity index (χ0v) is 21.4. The molecule has 1 aliphatic heterocycles. The van der Waals surface area contributed by atoms with Gasteiger partial charge in [-0.2, -0.15) is 0 Å². The number of halogens is 2. The van der Waals surface area contributed by atoms with E-state index in [0.29, 0.717) is 34.4 Å². The van der Waals surface area contributed by atoms with Gasteiger partial charge in [0.25, 0.3) is 0 Å². The van der Waals surface area contributed by atoms with Crippen molar-refractivity contribution in [3.05, 3.63) is 57.9 Å². The van der Waals surface area contributed by atoms with Gasteiger partial charge >= 0.3 is 0 Å². The van der Waals surface area contributed by atoms with Crippen LogP contribution in [0.4, 0.5) is 17.2 Å². The molecular weight excluding hydrogens is 569 g/mol. The molecule has 0 bridgehead atoms. The van der Waals surface area contributed by atoms with Gasteiger partial charge in [0.1, 0.15) is 17.9 Å². The topological polar surface area (TPSA) is 88.6 Å². The third-order valence-electron chi connectivity index (χ3n) is 5.34. The van der Waals surface area contributed by atoms with Crippen molar-refractivity contribution in [2.75, 3.05) is 50.1 Å². The number of fused-ring (bicyclic) bond motifs is 1. The lowest BCUT2D eigenvalue weighted by atomic mass is 10.1. The maximum atomic E-state index is 12.1. The van der Waals surface area contributed by atoms with E-state index in [2.05, 4.69) is 54.7 Å². The quantitative estimate of drug-likeness (QED) is 0.208. The highest BCUT2D eigenvalue weighted by atomic mass is 127. The molecule has 3 aromatic rings. The Morgan fingerprint density at radius 1 is 1.26 bits per heavy atom. The summed E-state index contributed by atoms with van der Waals surface area (Å²) in [6, 6.07) is 9.31. The maximum absolute atomic E-state index is 12.1. The first-order valence-corrected chi connectivity index (χ1v) is 12.4. The Morgan fingerprint density at radius 3 is 2.85 bits per heavy atom. The first-order chi connectivity index (χ1) is 16.5. The van der Waals surface area contributed by atoms with Crippen LogP contribution in [0.15, 0.2) is 49.3 Å². The monoisotopic (exact) mass is 593 g/mol. The van der Waals surface area contributed by atoms with Gasteiger partial charge in [0.05, 0.1) is 36.0 Å². The molecule has 2 N–H and O–H groups in total. The van der Waals surface area contributed by atoms with Crippen molar-refractivity contribution in [2.45, 2.75) is 6.42 Å². The summed E-state index contributed by atoms with van der Waals surface area (Å²) in [5.74, 6) is 0.815. The second-order valence-electron chi connectivity index (χ2n) is 7.69. The highest BCUT2D eigenvalue weighted by Gasteiger charge is 2.14. The first kappa shape index (κ1) is 24.6. The third kappa shape index (κ3) is 6.35. The van der Waals surface area contributed by atoms with Gasteiger partial charge in [0.2, 0.25) is 5.91 Å². The van der Waals surface area contributed by atoms with E-state index in [1.165, 1.54) is 12.4 Å². The van der Waals surface area contributed by atoms with Crippen LogP contribution in [0.1, 0.15) is 6.42 Å². The van der Waals surface area contributed by atoms with E-state index in [1.807, 2.05) is 30.3 Å². The van der Waals surface area contributed by atoms with Gasteiger partial charge in [-0.1, -0.05) is 18.2 Å². The van der Waals surface area contributed by atoms with Crippen molar-refractivity contribution in [3.8, 4) is 5.75 Å². The molecule has 0 atom stereocenters. The predicted octanol–water partition coefficient (Wildman–Crippen LogP) is 4.86. The summed E-state index contributed by atoms with van der Waals surface area (Å²) in [5, 5.41) is 7.51. The average Bonchev–Trinajstić information content (AvgIpc) is 2.85. The molecule has 34 heavy (non-hydrogen) atoms. The molecule has 8 nitrogen and oxygen atoms in total. The Hall–Kier alpha value is -2.47. The second-order valence-corrected chi connectivity index (χ2v) is 9.26. The Balaban J connectivity index is 1.56. The molecule has 178 valence electrons. The lowest BCUT2D eigenvalue weighted by molar-refractivity contribution is -0.111. The van der Waals surface area contributed by atoms with E-state index in [1.54, 1.807) is 0 Å². The number of anilines is 3. The summed E-state index contributed by atoms with van der Waals surface area (Å²) in [5.41, 5.74) is 2.02. The highest BCUT2D eigenvalue weighted by molar-refractivity contribution is 14.1. The van der Waals surface area contributed by atoms with Crippen molar-refractivity contribution in [3.63, 3.8) is 0 Å². The van der Waals surface area contributed by atoms with E-state index in [0.717, 1.165) is 53.9 Å². The van der Waals surface area contributed by atoms with Crippen LogP contribution >= 0.6 is 34.2 Å². The fourth-order valence-corrected chi connectivity index (χ4v) is 4.11. The minimum atomic E-state index is -0.326. The normalized spacial score (nSPS) is 14.1. The number of hydrogen-bond donors (Lipinski definition) is 2. The number of benzene rings is 2. The van der Waals surface area contributed by atoms with E-state index >= 15 is 0 Å². The average molecular weight is 594 g/mol. The molecule has 1 saturated heterocycles. The lowest BCUT2D eigenvalue weighted by Gasteiger charge is -2.26. The zero-order chi connectivity index (χ0) is 23.9. The fourth-order valence-electron chi connectivity index (χ4n) is 3.59. The second kappa shape index (κ2) is 11.8. The molecule has 1 aliphatic rings. The predicted molar refractivity (Wildman–Crippen MR) is 143 cm³/mol. The summed E-state index contributed by atoms with van der Waals surface area (Å²) < 4.78 is 12.4. The maximum Gasteiger partial charge on any atom is 0.247 e. The van der Waals surface area contributed by atoms with Crippen molar-refractivity contribution in [1.29, 1.82) is 0 Å². The molecule has 10 heteroatoms. The van der Waals surface area contributed by atoms with Gasteiger partial charge in [0, 0.05) is 40.3 Å². The molecule has 4 rings (SSSR count). The van der Waals surface area contributed by atoms with Crippen LogP contribution in [-0.4, -0.2) is 60.2 Å². The molecule has 1 aromatic heterocycles. The van der Waals surface area contributed by atoms with Crippen LogP contribution in [0, 0.1) is 3.57 Å². The number of ether oxygens (including phenoxy) is 2. The van der Waals surface area contributed by atoms with Crippen molar-refractivity contribution >= 4 is 68.2 Å². The van der Waals surface area contributed by atoms with Gasteiger partial charge in [-0.15, -0.1) is 0 Å². The standard InChI is InChI=1S/C24H25ClIN5O3/c1-2-23(32)30-21-13-17-20(14-22(21)34-9-3-6-31-7-10-33-11-8-31)27-15-28-24(17)29-16-4-5-19(26)18(25)12-16/h2,4-5,12-15H,1,3,6-11H2,(H,30,32)(H,27,28,29). The molecule has 1 amide bonds. The number of rotatable bonds is 9. The number of hydrogen-bond acceptors (Lipinski definition) is 7. The smallest absolute Gasteiger partial charge is 0.247 e. The van der Waals surface area contributed by atoms with E-state index in [-0.39, 0.29) is 5.91 Å². The molecule has 0 unspecified atom stereocenters. The number of morpholine rings is 1. The summed E-state index contributed by atoms with van der Waals surface area (Å²) in [7, 11) is 0. The number of nitrogens with one attached hydrogen (secondary N) is 2. The lowest BCUT2D eigenvalue weighted by Crippen LogP contribution is -2.37. The van der Waals surface area contributed by atoms with Crippen molar-refractivity contribution in [2.24, 2.45) is 0 Å². The summed E-state index contributed by atoms with van der Waals surface area (Å²) in [6.45, 7) is 8.41. The molecule has 0 spiro atoms. The van der Waals surface area contributed by atoms with Gasteiger partial charge in [-0.05, 0) is 59.4 Å². The number of amides is 1. The molecular formula is C24H25ClIN5O3. The van der Waals surface area contributed by atoms with E-state index < -0.39 is 0 Å². The Bertz CT molecular complexity index is 1190. The van der Waals surface area contributed by atoms with Crippen LogP contribution in [0.5, 0.6) is 5.75 Å². The highest BCUT2D eigenvalue weighted by Crippen LogP contribution is 2.34. The summed E-state index contributed by atoms with van der Waals surface area (Å²) in [4.78, 5) is 23.2. The van der Waals surface area contributed by atoms with Gasteiger partial charge < -0.3 is 20.1 Å². The van der Waals surface area contributed by atoms with Crippen LogP contribution in [0.2, 0.25) is 5.02 Å². The Labute approximate surface area is 216 Å². The van der Waals surface area contributed by atoms with Crippen molar-refractivity contribution in [1.82, 2.24) is 14.9 Å². The molecule has 2 heterocycles. The van der Waals surface area contributed by atoms with Gasteiger partial charge in [0.15, 0.2) is 0 Å². The Morgan fingerprint density at radius 2 is 2.09 bits per heavy atom. The van der Waals surface area contributed by atoms with Gasteiger partial charge in [-0.25, -0.2) is 9.97 Å². The van der Waals surface area contributed by atoms with Crippen molar-refractivity contribution < 1.29 is 14.3 Å². The molecule has 0 saturated carbocycles. The molecule has 1 fully saturated rings. The number of carbonyl (C=O) groups is 1.